The van der Waals surface area contributed by atoms with Gasteiger partial charge in [0.05, 0.1) is 0 Å². The first-order valence-electron chi connectivity index (χ1n) is 2.75. The van der Waals surface area contributed by atoms with Crippen molar-refractivity contribution in [3.63, 3.8) is 0 Å². The van der Waals surface area contributed by atoms with Gasteiger partial charge in [0.2, 0.25) is 0 Å². The Kier molecular flexibility index (Phi) is 2.01. The molecule has 1 rings (SSSR count). The fourth-order valence-electron chi connectivity index (χ4n) is 0.602. The van der Waals surface area contributed by atoms with E-state index in [2.05, 4.69) is 4.98 Å². The first kappa shape index (κ1) is 9.87. The Balaban J connectivity index is 3.19. The van der Waals surface area contributed by atoms with Gasteiger partial charge in [-0.3, -0.25) is 0 Å². The molecule has 13 heavy (non-hydrogen) atoms. The number of nitrogens with zero attached hydrogens (tertiary/aromatic N) is 2. The van der Waals surface area contributed by atoms with Gasteiger partial charge in [-0.2, -0.15) is 13.2 Å². The molecule has 0 aliphatic rings. The van der Waals surface area contributed by atoms with Crippen LogP contribution in [0.1, 0.15) is 5.69 Å². The highest BCUT2D eigenvalue weighted by molar-refractivity contribution is 5.01. The smallest absolute Gasteiger partial charge is 0.225 e. The Morgan fingerprint density at radius 1 is 1.08 bits per heavy atom. The maximum absolute atomic E-state index is 11.8. The lowest BCUT2D eigenvalue weighted by atomic mass is 10.4. The second-order valence-corrected chi connectivity index (χ2v) is 1.97. The molecule has 72 valence electrons. The first-order chi connectivity index (χ1) is 5.73. The molecule has 1 heterocycles. The number of alkyl halides is 6. The van der Waals surface area contributed by atoms with Gasteiger partial charge in [-0.25, -0.2) is 9.55 Å². The monoisotopic (exact) mass is 202 g/mol. The van der Waals surface area contributed by atoms with Crippen LogP contribution in [0.25, 0.3) is 0 Å². The molecule has 0 bridgehead atoms. The van der Waals surface area contributed by atoms with Gasteiger partial charge < -0.3 is 0 Å². The summed E-state index contributed by atoms with van der Waals surface area (Å²) in [5.74, 6) is 0. The summed E-state index contributed by atoms with van der Waals surface area (Å²) in [5.41, 5.74) is -2.01. The Morgan fingerprint density at radius 2 is 1.62 bits per heavy atom. The van der Waals surface area contributed by atoms with Crippen LogP contribution >= 0.6 is 0 Å². The van der Waals surface area contributed by atoms with Gasteiger partial charge >= 0.3 is 12.5 Å². The lowest BCUT2D eigenvalue weighted by molar-refractivity contribution is -0.222. The van der Waals surface area contributed by atoms with Gasteiger partial charge in [0.15, 0.2) is 12.0 Å². The molecule has 0 aliphatic heterocycles. The average Bonchev–Trinajstić information content (AvgIpc) is 2.27. The maximum Gasteiger partial charge on any atom is 0.490 e. The van der Waals surface area contributed by atoms with Crippen molar-refractivity contribution in [2.75, 3.05) is 0 Å². The third-order valence-corrected chi connectivity index (χ3v) is 1.06. The summed E-state index contributed by atoms with van der Waals surface area (Å²) in [5, 5.41) is 0. The van der Waals surface area contributed by atoms with E-state index in [0.29, 0.717) is 0 Å². The minimum atomic E-state index is -5.18. The van der Waals surface area contributed by atoms with E-state index in [1.807, 2.05) is 0 Å². The van der Waals surface area contributed by atoms with Gasteiger partial charge in [0.25, 0.3) is 0 Å². The Morgan fingerprint density at radius 3 is 1.92 bits per heavy atom. The Hall–Kier alpha value is -1.21. The van der Waals surface area contributed by atoms with Gasteiger partial charge in [-0.05, 0) is 0 Å². The van der Waals surface area contributed by atoms with E-state index in [4.69, 9.17) is 0 Å². The molecule has 0 saturated carbocycles. The summed E-state index contributed by atoms with van der Waals surface area (Å²) in [6.07, 6.45) is -8.04. The fourth-order valence-corrected chi connectivity index (χ4v) is 0.602. The molecule has 0 saturated heterocycles. The zero-order valence-corrected chi connectivity index (χ0v) is 5.66. The van der Waals surface area contributed by atoms with Crippen molar-refractivity contribution in [2.45, 2.75) is 12.5 Å². The SMILES string of the molecule is FC(F)(F)c1[c]n[c]n1C(F)(F)F. The van der Waals surface area contributed by atoms with Crippen LogP contribution in [0.3, 0.4) is 0 Å². The van der Waals surface area contributed by atoms with Crippen molar-refractivity contribution in [3.05, 3.63) is 18.2 Å². The Labute approximate surface area is 67.8 Å². The number of halogens is 6. The van der Waals surface area contributed by atoms with Crippen LogP contribution in [0.2, 0.25) is 0 Å². The van der Waals surface area contributed by atoms with E-state index in [-0.39, 0.29) is 0 Å². The number of rotatable bonds is 0. The third-order valence-electron chi connectivity index (χ3n) is 1.06. The predicted molar refractivity (Wildman–Crippen MR) is 26.2 cm³/mol. The van der Waals surface area contributed by atoms with Gasteiger partial charge in [0, 0.05) is 0 Å². The second-order valence-electron chi connectivity index (χ2n) is 1.97. The maximum atomic E-state index is 11.8. The fraction of sp³-hybridized carbons (Fsp3) is 0.400. The van der Waals surface area contributed by atoms with E-state index in [9.17, 15) is 26.3 Å². The molecule has 2 nitrogen and oxygen atoms in total. The molecule has 0 aromatic carbocycles. The number of hydrogen-bond acceptors (Lipinski definition) is 1. The molecule has 0 unspecified atom stereocenters. The number of aromatic nitrogens is 2. The molecule has 0 fully saturated rings. The number of hydrogen-bond donors (Lipinski definition) is 0. The van der Waals surface area contributed by atoms with Crippen LogP contribution in [0.4, 0.5) is 26.3 Å². The lowest BCUT2D eigenvalue weighted by Gasteiger charge is -2.11. The second kappa shape index (κ2) is 2.64. The standard InChI is InChI=1S/C5F6N2/c6-4(7,8)3-1-12-2-13(3)5(9,10)11. The molecule has 0 spiro atoms. The molecule has 0 aliphatic carbocycles. The van der Waals surface area contributed by atoms with E-state index in [1.165, 1.54) is 0 Å². The van der Waals surface area contributed by atoms with E-state index >= 15 is 0 Å². The third kappa shape index (κ3) is 1.93. The molecule has 8 heteroatoms. The summed E-state index contributed by atoms with van der Waals surface area (Å²) in [4.78, 5) is 2.53. The van der Waals surface area contributed by atoms with Crippen LogP contribution in [-0.2, 0) is 12.5 Å². The first-order valence-corrected chi connectivity index (χ1v) is 2.75. The summed E-state index contributed by atoms with van der Waals surface area (Å²) >= 11 is 0. The molecule has 1 aromatic rings. The van der Waals surface area contributed by atoms with Crippen molar-refractivity contribution < 1.29 is 26.3 Å². The predicted octanol–water partition coefficient (Wildman–Crippen LogP) is 1.98. The average molecular weight is 202 g/mol. The topological polar surface area (TPSA) is 17.8 Å². The van der Waals surface area contributed by atoms with Crippen molar-refractivity contribution in [2.24, 2.45) is 0 Å². The van der Waals surface area contributed by atoms with Crippen molar-refractivity contribution in [1.82, 2.24) is 9.55 Å². The molecular weight excluding hydrogens is 202 g/mol. The van der Waals surface area contributed by atoms with Crippen LogP contribution in [0.5, 0.6) is 0 Å². The van der Waals surface area contributed by atoms with Gasteiger partial charge in [-0.1, -0.05) is 0 Å². The van der Waals surface area contributed by atoms with Crippen molar-refractivity contribution in [1.29, 1.82) is 0 Å². The molecule has 0 amide bonds. The number of imidazole rings is 1. The van der Waals surface area contributed by atoms with E-state index in [0.717, 1.165) is 12.5 Å². The zero-order valence-electron chi connectivity index (χ0n) is 5.66. The molecule has 2 radical (unpaired) electrons. The largest absolute Gasteiger partial charge is 0.490 e. The van der Waals surface area contributed by atoms with Crippen LogP contribution < -0.4 is 0 Å². The van der Waals surface area contributed by atoms with Gasteiger partial charge in [-0.15, -0.1) is 13.2 Å². The van der Waals surface area contributed by atoms with Crippen molar-refractivity contribution >= 4 is 0 Å². The highest BCUT2D eigenvalue weighted by Gasteiger charge is 2.43. The zero-order chi connectivity index (χ0) is 10.3. The highest BCUT2D eigenvalue weighted by Crippen LogP contribution is 2.33. The quantitative estimate of drug-likeness (QED) is 0.588. The Bertz CT molecular complexity index is 266. The summed E-state index contributed by atoms with van der Waals surface area (Å²) in [7, 11) is 0. The van der Waals surface area contributed by atoms with Crippen LogP contribution in [-0.4, -0.2) is 9.55 Å². The minimum absolute atomic E-state index is 1.06. The summed E-state index contributed by atoms with van der Waals surface area (Å²) in [6, 6.07) is 0. The molecular formula is C5F6N2. The van der Waals surface area contributed by atoms with E-state index < -0.39 is 22.7 Å². The molecule has 0 atom stereocenters. The molecule has 1 aromatic heterocycles. The van der Waals surface area contributed by atoms with Crippen molar-refractivity contribution in [3.8, 4) is 0 Å². The minimum Gasteiger partial charge on any atom is -0.225 e. The lowest BCUT2D eigenvalue weighted by Crippen LogP contribution is -2.23. The normalized spacial score (nSPS) is 13.4. The van der Waals surface area contributed by atoms with Crippen LogP contribution in [0.15, 0.2) is 0 Å². The summed E-state index contributed by atoms with van der Waals surface area (Å²) in [6.45, 7) is 0. The summed E-state index contributed by atoms with van der Waals surface area (Å²) < 4.78 is 69.7. The highest BCUT2D eigenvalue weighted by atomic mass is 19.4. The molecule has 0 N–H and O–H groups in total. The van der Waals surface area contributed by atoms with Crippen LogP contribution in [0, 0.1) is 12.5 Å². The van der Waals surface area contributed by atoms with Gasteiger partial charge in [0.1, 0.15) is 6.20 Å². The van der Waals surface area contributed by atoms with E-state index in [1.54, 1.807) is 0 Å².